The second-order valence-electron chi connectivity index (χ2n) is 7.47. The van der Waals surface area contributed by atoms with Crippen LogP contribution in [-0.2, 0) is 16.1 Å². The maximum absolute atomic E-state index is 13.3. The maximum atomic E-state index is 13.3. The number of guanidine groups is 1. The third kappa shape index (κ3) is 5.01. The van der Waals surface area contributed by atoms with Gasteiger partial charge in [0.2, 0.25) is 17.8 Å². The third-order valence-electron chi connectivity index (χ3n) is 5.22. The van der Waals surface area contributed by atoms with E-state index in [0.29, 0.717) is 24.7 Å². The van der Waals surface area contributed by atoms with E-state index < -0.39 is 17.8 Å². The van der Waals surface area contributed by atoms with Gasteiger partial charge in [0.25, 0.3) is 0 Å². The van der Waals surface area contributed by atoms with Gasteiger partial charge in [-0.3, -0.25) is 19.8 Å². The SMILES string of the molecule is O=C1C[C@H](C(=O)Nc2cccc(F)c2)N=C(N2CCN(Cc3ccccc3)CC2)N1. The van der Waals surface area contributed by atoms with Gasteiger partial charge >= 0.3 is 0 Å². The number of aliphatic imine (C=N–C) groups is 1. The van der Waals surface area contributed by atoms with Gasteiger partial charge in [-0.05, 0) is 23.8 Å². The number of rotatable bonds is 4. The lowest BCUT2D eigenvalue weighted by Crippen LogP contribution is -2.56. The largest absolute Gasteiger partial charge is 0.340 e. The maximum Gasteiger partial charge on any atom is 0.249 e. The fraction of sp³-hybridized carbons (Fsp3) is 0.318. The van der Waals surface area contributed by atoms with Gasteiger partial charge in [-0.25, -0.2) is 9.38 Å². The Balaban J connectivity index is 1.37. The van der Waals surface area contributed by atoms with Crippen LogP contribution in [0.1, 0.15) is 12.0 Å². The van der Waals surface area contributed by atoms with Crippen molar-refractivity contribution >= 4 is 23.5 Å². The van der Waals surface area contributed by atoms with Crippen molar-refractivity contribution in [1.82, 2.24) is 15.1 Å². The number of nitrogens with one attached hydrogen (secondary N) is 2. The van der Waals surface area contributed by atoms with Gasteiger partial charge in [0, 0.05) is 38.4 Å². The predicted octanol–water partition coefficient (Wildman–Crippen LogP) is 1.83. The zero-order chi connectivity index (χ0) is 20.9. The predicted molar refractivity (Wildman–Crippen MR) is 112 cm³/mol. The molecule has 7 nitrogen and oxygen atoms in total. The summed E-state index contributed by atoms with van der Waals surface area (Å²) in [5.41, 5.74) is 1.61. The molecular weight excluding hydrogens is 385 g/mol. The van der Waals surface area contributed by atoms with Crippen LogP contribution in [0, 0.1) is 5.82 Å². The van der Waals surface area contributed by atoms with E-state index in [2.05, 4.69) is 32.7 Å². The van der Waals surface area contributed by atoms with Crippen molar-refractivity contribution < 1.29 is 14.0 Å². The first-order chi connectivity index (χ1) is 14.6. The first-order valence-corrected chi connectivity index (χ1v) is 10.0. The quantitative estimate of drug-likeness (QED) is 0.808. The van der Waals surface area contributed by atoms with Crippen LogP contribution in [0.2, 0.25) is 0 Å². The minimum absolute atomic E-state index is 0.0291. The number of amides is 2. The number of piperazine rings is 1. The van der Waals surface area contributed by atoms with Crippen LogP contribution >= 0.6 is 0 Å². The Labute approximate surface area is 174 Å². The molecule has 1 atom stereocenters. The molecule has 30 heavy (non-hydrogen) atoms. The van der Waals surface area contributed by atoms with Crippen molar-refractivity contribution in [3.63, 3.8) is 0 Å². The van der Waals surface area contributed by atoms with Crippen molar-refractivity contribution in [3.05, 3.63) is 66.0 Å². The normalized spacial score (nSPS) is 19.8. The minimum Gasteiger partial charge on any atom is -0.340 e. The summed E-state index contributed by atoms with van der Waals surface area (Å²) in [5.74, 6) is -0.668. The van der Waals surface area contributed by atoms with Gasteiger partial charge in [-0.2, -0.15) is 0 Å². The summed E-state index contributed by atoms with van der Waals surface area (Å²) < 4.78 is 13.3. The van der Waals surface area contributed by atoms with E-state index in [1.54, 1.807) is 6.07 Å². The standard InChI is InChI=1S/C22H24FN5O2/c23-17-7-4-8-18(13-17)24-21(30)19-14-20(29)26-22(25-19)28-11-9-27(10-12-28)15-16-5-2-1-3-6-16/h1-8,13,19H,9-12,14-15H2,(H,24,30)(H,25,26,29)/t19-/m1/s1. The topological polar surface area (TPSA) is 77.0 Å². The van der Waals surface area contributed by atoms with Crippen LogP contribution in [0.4, 0.5) is 10.1 Å². The van der Waals surface area contributed by atoms with Crippen LogP contribution in [0.5, 0.6) is 0 Å². The molecule has 2 aromatic rings. The summed E-state index contributed by atoms with van der Waals surface area (Å²) in [5, 5.41) is 5.43. The molecule has 8 heteroatoms. The number of carbonyl (C=O) groups excluding carboxylic acids is 2. The van der Waals surface area contributed by atoms with Crippen molar-refractivity contribution in [3.8, 4) is 0 Å². The molecule has 2 aliphatic heterocycles. The zero-order valence-electron chi connectivity index (χ0n) is 16.6. The average molecular weight is 409 g/mol. The molecule has 1 saturated heterocycles. The lowest BCUT2D eigenvalue weighted by molar-refractivity contribution is -0.125. The molecule has 0 bridgehead atoms. The highest BCUT2D eigenvalue weighted by molar-refractivity contribution is 6.05. The first-order valence-electron chi connectivity index (χ1n) is 10.0. The van der Waals surface area contributed by atoms with E-state index >= 15 is 0 Å². The summed E-state index contributed by atoms with van der Waals surface area (Å²) >= 11 is 0. The van der Waals surface area contributed by atoms with Crippen molar-refractivity contribution in [2.24, 2.45) is 4.99 Å². The summed E-state index contributed by atoms with van der Waals surface area (Å²) in [6, 6.07) is 15.1. The minimum atomic E-state index is -0.834. The number of benzene rings is 2. The van der Waals surface area contributed by atoms with E-state index in [4.69, 9.17) is 0 Å². The zero-order valence-corrected chi connectivity index (χ0v) is 16.6. The lowest BCUT2D eigenvalue weighted by atomic mass is 10.1. The Kier molecular flexibility index (Phi) is 6.04. The monoisotopic (exact) mass is 409 g/mol. The Hall–Kier alpha value is -3.26. The second-order valence-corrected chi connectivity index (χ2v) is 7.47. The number of hydrogen-bond donors (Lipinski definition) is 2. The van der Waals surface area contributed by atoms with Crippen LogP contribution in [-0.4, -0.2) is 59.8 Å². The van der Waals surface area contributed by atoms with Crippen LogP contribution < -0.4 is 10.6 Å². The molecule has 0 aliphatic carbocycles. The molecule has 156 valence electrons. The third-order valence-corrected chi connectivity index (χ3v) is 5.22. The summed E-state index contributed by atoms with van der Waals surface area (Å²) in [6.07, 6.45) is -0.0291. The van der Waals surface area contributed by atoms with E-state index in [9.17, 15) is 14.0 Å². The fourth-order valence-electron chi connectivity index (χ4n) is 3.64. The van der Waals surface area contributed by atoms with Gasteiger partial charge in [0.15, 0.2) is 0 Å². The van der Waals surface area contributed by atoms with E-state index in [0.717, 1.165) is 19.6 Å². The Morgan fingerprint density at radius 1 is 1.10 bits per heavy atom. The van der Waals surface area contributed by atoms with Crippen LogP contribution in [0.3, 0.4) is 0 Å². The lowest BCUT2D eigenvalue weighted by Gasteiger charge is -2.37. The summed E-state index contributed by atoms with van der Waals surface area (Å²) in [4.78, 5) is 33.6. The van der Waals surface area contributed by atoms with E-state index in [1.807, 2.05) is 23.1 Å². The number of anilines is 1. The number of halogens is 1. The molecule has 2 N–H and O–H groups in total. The molecule has 2 amide bonds. The van der Waals surface area contributed by atoms with Crippen LogP contribution in [0.15, 0.2) is 59.6 Å². The molecule has 0 aromatic heterocycles. The van der Waals surface area contributed by atoms with Gasteiger partial charge in [-0.1, -0.05) is 36.4 Å². The number of hydrogen-bond acceptors (Lipinski definition) is 5. The number of nitrogens with zero attached hydrogens (tertiary/aromatic N) is 3. The molecule has 0 spiro atoms. The van der Waals surface area contributed by atoms with Crippen molar-refractivity contribution in [2.45, 2.75) is 19.0 Å². The van der Waals surface area contributed by atoms with Gasteiger partial charge in [-0.15, -0.1) is 0 Å². The molecular formula is C22H24FN5O2. The first kappa shape index (κ1) is 20.0. The van der Waals surface area contributed by atoms with Gasteiger partial charge < -0.3 is 10.2 Å². The smallest absolute Gasteiger partial charge is 0.249 e. The second kappa shape index (κ2) is 9.04. The van der Waals surface area contributed by atoms with Crippen molar-refractivity contribution in [2.75, 3.05) is 31.5 Å². The Morgan fingerprint density at radius 3 is 2.60 bits per heavy atom. The van der Waals surface area contributed by atoms with Crippen LogP contribution in [0.25, 0.3) is 0 Å². The molecule has 2 aliphatic rings. The summed E-state index contributed by atoms with van der Waals surface area (Å²) in [7, 11) is 0. The van der Waals surface area contributed by atoms with Gasteiger partial charge in [0.05, 0.1) is 6.42 Å². The highest BCUT2D eigenvalue weighted by Crippen LogP contribution is 2.15. The molecule has 0 radical (unpaired) electrons. The van der Waals surface area contributed by atoms with Crippen molar-refractivity contribution in [1.29, 1.82) is 0 Å². The molecule has 0 unspecified atom stereocenters. The summed E-state index contributed by atoms with van der Waals surface area (Å²) in [6.45, 7) is 3.98. The number of carbonyl (C=O) groups is 2. The average Bonchev–Trinajstić information content (AvgIpc) is 2.74. The highest BCUT2D eigenvalue weighted by Gasteiger charge is 2.30. The molecule has 4 rings (SSSR count). The molecule has 2 heterocycles. The Morgan fingerprint density at radius 2 is 1.87 bits per heavy atom. The Bertz CT molecular complexity index is 942. The van der Waals surface area contributed by atoms with E-state index in [1.165, 1.54) is 23.8 Å². The molecule has 1 fully saturated rings. The fourth-order valence-corrected chi connectivity index (χ4v) is 3.64. The molecule has 0 saturated carbocycles. The molecule has 2 aromatic carbocycles. The van der Waals surface area contributed by atoms with Gasteiger partial charge in [0.1, 0.15) is 11.9 Å². The highest BCUT2D eigenvalue weighted by atomic mass is 19.1. The van der Waals surface area contributed by atoms with E-state index in [-0.39, 0.29) is 12.3 Å².